The van der Waals surface area contributed by atoms with Crippen molar-refractivity contribution in [2.45, 2.75) is 46.1 Å². The van der Waals surface area contributed by atoms with E-state index in [1.807, 2.05) is 95.8 Å². The van der Waals surface area contributed by atoms with Gasteiger partial charge in [0.15, 0.2) is 0 Å². The molecule has 1 fully saturated rings. The number of hydrogen-bond acceptors (Lipinski definition) is 5. The van der Waals surface area contributed by atoms with Crippen molar-refractivity contribution >= 4 is 51.9 Å². The molecule has 0 bridgehead atoms. The number of nitrogens with zero attached hydrogens (tertiary/aromatic N) is 3. The number of para-hydroxylation sites is 1. The van der Waals surface area contributed by atoms with Gasteiger partial charge in [-0.3, -0.25) is 9.69 Å². The number of ether oxygens (including phenoxy) is 1. The molecule has 0 N–H and O–H groups in total. The van der Waals surface area contributed by atoms with Gasteiger partial charge in [-0.05, 0) is 60.9 Å². The molecule has 1 aromatic heterocycles. The molecule has 1 atom stereocenters. The number of rotatable bonds is 12. The first-order valence-corrected chi connectivity index (χ1v) is 15.9. The molecule has 1 unspecified atom stereocenters. The lowest BCUT2D eigenvalue weighted by atomic mass is 9.99. The van der Waals surface area contributed by atoms with Crippen LogP contribution in [0.1, 0.15) is 50.7 Å². The quantitative estimate of drug-likeness (QED) is 0.117. The summed E-state index contributed by atoms with van der Waals surface area (Å²) < 4.78 is 8.46. The molecule has 0 aliphatic carbocycles. The summed E-state index contributed by atoms with van der Waals surface area (Å²) in [6, 6.07) is 25.4. The molecular weight excluding hydrogens is 582 g/mol. The lowest BCUT2D eigenvalue weighted by Gasteiger charge is -2.21. The first-order valence-electron chi connectivity index (χ1n) is 14.3. The van der Waals surface area contributed by atoms with Gasteiger partial charge in [-0.1, -0.05) is 105 Å². The molecule has 0 saturated carbocycles. The van der Waals surface area contributed by atoms with E-state index >= 15 is 0 Å². The van der Waals surface area contributed by atoms with Crippen LogP contribution in [0, 0.1) is 5.92 Å². The van der Waals surface area contributed by atoms with E-state index in [9.17, 15) is 4.79 Å². The highest BCUT2D eigenvalue weighted by Crippen LogP contribution is 2.36. The largest absolute Gasteiger partial charge is 0.489 e. The van der Waals surface area contributed by atoms with Gasteiger partial charge in [0.1, 0.15) is 16.7 Å². The van der Waals surface area contributed by atoms with E-state index in [4.69, 9.17) is 33.7 Å². The van der Waals surface area contributed by atoms with Crippen LogP contribution in [0.3, 0.4) is 0 Å². The fourth-order valence-corrected chi connectivity index (χ4v) is 6.35. The van der Waals surface area contributed by atoms with Crippen LogP contribution >= 0.6 is 35.6 Å². The Kier molecular flexibility index (Phi) is 10.2. The van der Waals surface area contributed by atoms with Gasteiger partial charge in [-0.25, -0.2) is 4.68 Å². The summed E-state index contributed by atoms with van der Waals surface area (Å²) in [6.07, 6.45) is 8.34. The molecule has 1 saturated heterocycles. The number of unbranched alkanes of at least 4 members (excludes halogenated alkanes) is 1. The summed E-state index contributed by atoms with van der Waals surface area (Å²) in [5.41, 5.74) is 4.41. The SMILES string of the molecule is CCCCC(CC)CN1C(=O)C(=Cc2cn(-c3ccccc3)nc2-c2ccc(OCc3ccccc3Cl)cc2)SC1=S. The standard InChI is InChI=1S/C34H34ClN3O2S2/c1-3-5-11-24(4-2)21-37-33(39)31(42-34(37)41)20-27-22-38(28-13-7-6-8-14-28)36-32(27)25-16-18-29(19-17-25)40-23-26-12-9-10-15-30(26)35/h6-10,12-20,22,24H,3-5,11,21,23H2,1-2H3. The lowest BCUT2D eigenvalue weighted by molar-refractivity contribution is -0.122. The van der Waals surface area contributed by atoms with E-state index in [0.29, 0.717) is 33.3 Å². The van der Waals surface area contributed by atoms with Crippen molar-refractivity contribution in [1.82, 2.24) is 14.7 Å². The average Bonchev–Trinajstić information content (AvgIpc) is 3.55. The first-order chi connectivity index (χ1) is 20.5. The molecule has 216 valence electrons. The number of carbonyl (C=O) groups excluding carboxylic acids is 1. The highest BCUT2D eigenvalue weighted by atomic mass is 35.5. The van der Waals surface area contributed by atoms with E-state index in [2.05, 4.69) is 13.8 Å². The molecule has 5 nitrogen and oxygen atoms in total. The van der Waals surface area contributed by atoms with Crippen molar-refractivity contribution in [3.05, 3.63) is 106 Å². The van der Waals surface area contributed by atoms with E-state index in [1.54, 1.807) is 4.90 Å². The first kappa shape index (κ1) is 30.1. The van der Waals surface area contributed by atoms with Gasteiger partial charge in [0.05, 0.1) is 16.3 Å². The molecule has 8 heteroatoms. The predicted molar refractivity (Wildman–Crippen MR) is 178 cm³/mol. The number of thiocarbonyl (C=S) groups is 1. The molecule has 0 spiro atoms. The second kappa shape index (κ2) is 14.2. The maximum Gasteiger partial charge on any atom is 0.266 e. The molecule has 4 aromatic rings. The van der Waals surface area contributed by atoms with Crippen LogP contribution in [0.4, 0.5) is 0 Å². The summed E-state index contributed by atoms with van der Waals surface area (Å²) in [5.74, 6) is 1.15. The highest BCUT2D eigenvalue weighted by Gasteiger charge is 2.33. The average molecular weight is 616 g/mol. The number of hydrogen-bond donors (Lipinski definition) is 0. The molecule has 1 amide bonds. The Morgan fingerprint density at radius 2 is 1.76 bits per heavy atom. The Labute approximate surface area is 262 Å². The second-order valence-corrected chi connectivity index (χ2v) is 12.4. The highest BCUT2D eigenvalue weighted by molar-refractivity contribution is 8.26. The Balaban J connectivity index is 1.41. The van der Waals surface area contributed by atoms with Gasteiger partial charge in [0.2, 0.25) is 0 Å². The Hall–Kier alpha value is -3.39. The van der Waals surface area contributed by atoms with Crippen LogP contribution in [0.25, 0.3) is 23.0 Å². The fourth-order valence-electron chi connectivity index (χ4n) is 4.89. The van der Waals surface area contributed by atoms with Gasteiger partial charge in [-0.15, -0.1) is 0 Å². The normalized spacial score (nSPS) is 15.0. The van der Waals surface area contributed by atoms with E-state index in [-0.39, 0.29) is 5.91 Å². The topological polar surface area (TPSA) is 47.4 Å². The molecule has 5 rings (SSSR count). The van der Waals surface area contributed by atoms with Gasteiger partial charge in [-0.2, -0.15) is 5.10 Å². The summed E-state index contributed by atoms with van der Waals surface area (Å²) in [4.78, 5) is 15.9. The Bertz CT molecular complexity index is 1570. The minimum Gasteiger partial charge on any atom is -0.489 e. The van der Waals surface area contributed by atoms with Crippen LogP contribution in [-0.4, -0.2) is 31.5 Å². The van der Waals surface area contributed by atoms with Crippen LogP contribution in [-0.2, 0) is 11.4 Å². The molecule has 2 heterocycles. The summed E-state index contributed by atoms with van der Waals surface area (Å²) in [7, 11) is 0. The minimum absolute atomic E-state index is 0.0262. The van der Waals surface area contributed by atoms with Gasteiger partial charge < -0.3 is 4.74 Å². The molecule has 42 heavy (non-hydrogen) atoms. The third kappa shape index (κ3) is 7.14. The summed E-state index contributed by atoms with van der Waals surface area (Å²) >= 11 is 13.3. The van der Waals surface area contributed by atoms with Crippen LogP contribution in [0.5, 0.6) is 5.75 Å². The number of carbonyl (C=O) groups is 1. The third-order valence-corrected chi connectivity index (χ3v) is 9.13. The number of halogens is 1. The maximum absolute atomic E-state index is 13.5. The van der Waals surface area contributed by atoms with Gasteiger partial charge in [0.25, 0.3) is 5.91 Å². The molecule has 3 aromatic carbocycles. The zero-order valence-electron chi connectivity index (χ0n) is 23.8. The van der Waals surface area contributed by atoms with Crippen molar-refractivity contribution in [3.63, 3.8) is 0 Å². The second-order valence-electron chi connectivity index (χ2n) is 10.3. The maximum atomic E-state index is 13.5. The van der Waals surface area contributed by atoms with Crippen LogP contribution < -0.4 is 4.74 Å². The lowest BCUT2D eigenvalue weighted by Crippen LogP contribution is -2.33. The van der Waals surface area contributed by atoms with E-state index in [1.165, 1.54) is 11.8 Å². The number of benzene rings is 3. The minimum atomic E-state index is -0.0262. The van der Waals surface area contributed by atoms with Crippen molar-refractivity contribution in [2.24, 2.45) is 5.92 Å². The van der Waals surface area contributed by atoms with Crippen molar-refractivity contribution in [3.8, 4) is 22.7 Å². The summed E-state index contributed by atoms with van der Waals surface area (Å²) in [6.45, 7) is 5.44. The van der Waals surface area contributed by atoms with E-state index in [0.717, 1.165) is 59.5 Å². The van der Waals surface area contributed by atoms with Crippen LogP contribution in [0.2, 0.25) is 5.02 Å². The Morgan fingerprint density at radius 3 is 2.48 bits per heavy atom. The number of amides is 1. The van der Waals surface area contributed by atoms with Crippen molar-refractivity contribution < 1.29 is 9.53 Å². The van der Waals surface area contributed by atoms with Crippen molar-refractivity contribution in [1.29, 1.82) is 0 Å². The molecule has 1 aliphatic heterocycles. The zero-order chi connectivity index (χ0) is 29.5. The summed E-state index contributed by atoms with van der Waals surface area (Å²) in [5, 5.41) is 5.62. The zero-order valence-corrected chi connectivity index (χ0v) is 26.2. The van der Waals surface area contributed by atoms with Gasteiger partial charge >= 0.3 is 0 Å². The number of aromatic nitrogens is 2. The monoisotopic (exact) mass is 615 g/mol. The Morgan fingerprint density at radius 1 is 1.02 bits per heavy atom. The van der Waals surface area contributed by atoms with Crippen LogP contribution in [0.15, 0.2) is 90.0 Å². The molecule has 1 aliphatic rings. The number of thioether (sulfide) groups is 1. The third-order valence-electron chi connectivity index (χ3n) is 7.39. The molecule has 0 radical (unpaired) electrons. The fraction of sp³-hybridized carbons (Fsp3) is 0.265. The smallest absolute Gasteiger partial charge is 0.266 e. The predicted octanol–water partition coefficient (Wildman–Crippen LogP) is 9.19. The van der Waals surface area contributed by atoms with E-state index < -0.39 is 0 Å². The van der Waals surface area contributed by atoms with Crippen molar-refractivity contribution in [2.75, 3.05) is 6.54 Å². The molecular formula is C34H34ClN3O2S2. The van der Waals surface area contributed by atoms with Gasteiger partial charge in [0, 0.05) is 34.5 Å².